The summed E-state index contributed by atoms with van der Waals surface area (Å²) in [6, 6.07) is 0. The Morgan fingerprint density at radius 1 is 1.58 bits per heavy atom. The SMILES string of the molecule is O=Cc1nc(C2CCC2)[nH]c1Br. The molecule has 0 bridgehead atoms. The molecule has 1 aromatic rings. The van der Waals surface area contributed by atoms with Gasteiger partial charge in [0.25, 0.3) is 0 Å². The van der Waals surface area contributed by atoms with Gasteiger partial charge >= 0.3 is 0 Å². The number of carbonyl (C=O) groups excluding carboxylic acids is 1. The molecule has 1 saturated carbocycles. The average Bonchev–Trinajstić information content (AvgIpc) is 2.27. The number of halogens is 1. The van der Waals surface area contributed by atoms with Gasteiger partial charge in [0.05, 0.1) is 0 Å². The van der Waals surface area contributed by atoms with Crippen molar-refractivity contribution >= 4 is 22.2 Å². The molecule has 0 aromatic carbocycles. The van der Waals surface area contributed by atoms with E-state index in [1.807, 2.05) is 0 Å². The van der Waals surface area contributed by atoms with E-state index in [1.54, 1.807) is 0 Å². The molecule has 1 heterocycles. The summed E-state index contributed by atoms with van der Waals surface area (Å²) >= 11 is 3.25. The van der Waals surface area contributed by atoms with Crippen molar-refractivity contribution in [3.05, 3.63) is 16.1 Å². The van der Waals surface area contributed by atoms with Crippen LogP contribution >= 0.6 is 15.9 Å². The van der Waals surface area contributed by atoms with Gasteiger partial charge in [-0.15, -0.1) is 0 Å². The molecule has 1 fully saturated rings. The predicted molar refractivity (Wildman–Crippen MR) is 48.3 cm³/mol. The highest BCUT2D eigenvalue weighted by atomic mass is 79.9. The normalized spacial score (nSPS) is 17.4. The number of hydrogen-bond donors (Lipinski definition) is 1. The van der Waals surface area contributed by atoms with Crippen LogP contribution in [-0.2, 0) is 0 Å². The summed E-state index contributed by atoms with van der Waals surface area (Å²) in [5, 5.41) is 0. The molecule has 0 spiro atoms. The predicted octanol–water partition coefficient (Wildman–Crippen LogP) is 2.25. The van der Waals surface area contributed by atoms with Crippen molar-refractivity contribution in [1.29, 1.82) is 0 Å². The van der Waals surface area contributed by atoms with Crippen LogP contribution in [0.2, 0.25) is 0 Å². The number of H-pyrrole nitrogens is 1. The van der Waals surface area contributed by atoms with Crippen molar-refractivity contribution in [2.75, 3.05) is 0 Å². The van der Waals surface area contributed by atoms with Crippen molar-refractivity contribution in [3.8, 4) is 0 Å². The molecule has 2 rings (SSSR count). The number of aromatic amines is 1. The zero-order chi connectivity index (χ0) is 8.55. The van der Waals surface area contributed by atoms with Crippen LogP contribution in [0.3, 0.4) is 0 Å². The molecule has 3 nitrogen and oxygen atoms in total. The molecule has 64 valence electrons. The Hall–Kier alpha value is -0.640. The maximum absolute atomic E-state index is 10.5. The third-order valence-corrected chi connectivity index (χ3v) is 2.91. The van der Waals surface area contributed by atoms with E-state index >= 15 is 0 Å². The van der Waals surface area contributed by atoms with Gasteiger partial charge in [-0.25, -0.2) is 4.98 Å². The smallest absolute Gasteiger partial charge is 0.171 e. The zero-order valence-electron chi connectivity index (χ0n) is 6.51. The summed E-state index contributed by atoms with van der Waals surface area (Å²) < 4.78 is 0.708. The fourth-order valence-electron chi connectivity index (χ4n) is 1.34. The molecule has 0 unspecified atom stereocenters. The molecule has 0 atom stereocenters. The first kappa shape index (κ1) is 7.98. The van der Waals surface area contributed by atoms with E-state index in [0.29, 0.717) is 16.2 Å². The second-order valence-corrected chi connectivity index (χ2v) is 3.86. The minimum atomic E-state index is 0.483. The topological polar surface area (TPSA) is 45.8 Å². The molecule has 0 radical (unpaired) electrons. The van der Waals surface area contributed by atoms with Gasteiger partial charge in [-0.2, -0.15) is 0 Å². The second kappa shape index (κ2) is 3.01. The molecule has 4 heteroatoms. The molecule has 1 N–H and O–H groups in total. The van der Waals surface area contributed by atoms with Crippen molar-refractivity contribution in [3.63, 3.8) is 0 Å². The maximum atomic E-state index is 10.5. The third-order valence-electron chi connectivity index (χ3n) is 2.31. The number of rotatable bonds is 2. The van der Waals surface area contributed by atoms with E-state index in [2.05, 4.69) is 25.9 Å². The lowest BCUT2D eigenvalue weighted by molar-refractivity contribution is 0.111. The first-order chi connectivity index (χ1) is 5.81. The van der Waals surface area contributed by atoms with Crippen molar-refractivity contribution in [1.82, 2.24) is 9.97 Å². The van der Waals surface area contributed by atoms with Crippen LogP contribution in [-0.4, -0.2) is 16.3 Å². The van der Waals surface area contributed by atoms with Crippen molar-refractivity contribution in [2.45, 2.75) is 25.2 Å². The van der Waals surface area contributed by atoms with Crippen molar-refractivity contribution in [2.24, 2.45) is 0 Å². The van der Waals surface area contributed by atoms with Crippen LogP contribution < -0.4 is 0 Å². The quantitative estimate of drug-likeness (QED) is 0.790. The Kier molecular flexibility index (Phi) is 2.00. The summed E-state index contributed by atoms with van der Waals surface area (Å²) in [5.74, 6) is 1.50. The van der Waals surface area contributed by atoms with Gasteiger partial charge in [-0.05, 0) is 28.8 Å². The highest BCUT2D eigenvalue weighted by Crippen LogP contribution is 2.35. The van der Waals surface area contributed by atoms with Crippen LogP contribution in [0.15, 0.2) is 4.60 Å². The number of nitrogens with zero attached hydrogens (tertiary/aromatic N) is 1. The number of hydrogen-bond acceptors (Lipinski definition) is 2. The minimum Gasteiger partial charge on any atom is -0.336 e. The Balaban J connectivity index is 2.27. The molecule has 0 aliphatic heterocycles. The Morgan fingerprint density at radius 3 is 2.75 bits per heavy atom. The molecular weight excluding hydrogens is 220 g/mol. The Bertz CT molecular complexity index is 304. The molecule has 1 aromatic heterocycles. The van der Waals surface area contributed by atoms with Crippen LogP contribution in [0.4, 0.5) is 0 Å². The first-order valence-electron chi connectivity index (χ1n) is 4.02. The van der Waals surface area contributed by atoms with Gasteiger partial charge in [-0.3, -0.25) is 4.79 Å². The number of aldehydes is 1. The van der Waals surface area contributed by atoms with Gasteiger partial charge in [0.2, 0.25) is 0 Å². The van der Waals surface area contributed by atoms with Gasteiger partial charge in [0.1, 0.15) is 16.1 Å². The third kappa shape index (κ3) is 1.20. The highest BCUT2D eigenvalue weighted by molar-refractivity contribution is 9.10. The van der Waals surface area contributed by atoms with Gasteiger partial charge in [0.15, 0.2) is 6.29 Å². The number of aromatic nitrogens is 2. The van der Waals surface area contributed by atoms with Crippen molar-refractivity contribution < 1.29 is 4.79 Å². The van der Waals surface area contributed by atoms with Crippen LogP contribution in [0.5, 0.6) is 0 Å². The zero-order valence-corrected chi connectivity index (χ0v) is 8.10. The summed E-state index contributed by atoms with van der Waals surface area (Å²) in [6.07, 6.45) is 4.43. The molecule has 12 heavy (non-hydrogen) atoms. The average molecular weight is 229 g/mol. The van der Waals surface area contributed by atoms with E-state index in [4.69, 9.17) is 0 Å². The van der Waals surface area contributed by atoms with Gasteiger partial charge in [0, 0.05) is 5.92 Å². The van der Waals surface area contributed by atoms with Crippen LogP contribution in [0.25, 0.3) is 0 Å². The second-order valence-electron chi connectivity index (χ2n) is 3.07. The van der Waals surface area contributed by atoms with E-state index in [-0.39, 0.29) is 0 Å². The fraction of sp³-hybridized carbons (Fsp3) is 0.500. The first-order valence-corrected chi connectivity index (χ1v) is 4.81. The van der Waals surface area contributed by atoms with Gasteiger partial charge < -0.3 is 4.98 Å². The summed E-state index contributed by atoms with van der Waals surface area (Å²) in [5.41, 5.74) is 0.483. The lowest BCUT2D eigenvalue weighted by atomic mass is 9.85. The van der Waals surface area contributed by atoms with Crippen LogP contribution in [0.1, 0.15) is 41.5 Å². The minimum absolute atomic E-state index is 0.483. The lowest BCUT2D eigenvalue weighted by Crippen LogP contribution is -2.10. The Morgan fingerprint density at radius 2 is 2.33 bits per heavy atom. The highest BCUT2D eigenvalue weighted by Gasteiger charge is 2.23. The van der Waals surface area contributed by atoms with E-state index in [9.17, 15) is 4.79 Å². The fourth-order valence-corrected chi connectivity index (χ4v) is 1.72. The van der Waals surface area contributed by atoms with E-state index in [1.165, 1.54) is 19.3 Å². The summed E-state index contributed by atoms with van der Waals surface area (Å²) in [6.45, 7) is 0. The van der Waals surface area contributed by atoms with E-state index in [0.717, 1.165) is 12.1 Å². The van der Waals surface area contributed by atoms with Gasteiger partial charge in [-0.1, -0.05) is 6.42 Å². The number of imidazole rings is 1. The molecule has 0 amide bonds. The standard InChI is InChI=1S/C8H9BrN2O/c9-7-6(4-12)10-8(11-7)5-2-1-3-5/h4-5H,1-3H2,(H,10,11). The molecule has 0 saturated heterocycles. The summed E-state index contributed by atoms with van der Waals surface area (Å²) in [4.78, 5) is 17.7. The molecule has 1 aliphatic rings. The summed E-state index contributed by atoms with van der Waals surface area (Å²) in [7, 11) is 0. The maximum Gasteiger partial charge on any atom is 0.171 e. The largest absolute Gasteiger partial charge is 0.336 e. The lowest BCUT2D eigenvalue weighted by Gasteiger charge is -2.22. The molecular formula is C8H9BrN2O. The number of nitrogens with one attached hydrogen (secondary N) is 1. The Labute approximate surface area is 78.7 Å². The van der Waals surface area contributed by atoms with E-state index < -0.39 is 0 Å². The van der Waals surface area contributed by atoms with Crippen LogP contribution in [0, 0.1) is 0 Å². The monoisotopic (exact) mass is 228 g/mol. The molecule has 1 aliphatic carbocycles. The number of carbonyl (C=O) groups is 1.